The highest BCUT2D eigenvalue weighted by Gasteiger charge is 2.21. The molecule has 2 rings (SSSR count). The van der Waals surface area contributed by atoms with Crippen molar-refractivity contribution < 1.29 is 19.1 Å². The molecular weight excluding hydrogens is 293 g/mol. The predicted molar refractivity (Wildman–Crippen MR) is 74.8 cm³/mol. The van der Waals surface area contributed by atoms with Crippen molar-refractivity contribution in [3.8, 4) is 0 Å². The molecule has 3 N–H and O–H groups in total. The number of carbonyl (C=O) groups is 1. The summed E-state index contributed by atoms with van der Waals surface area (Å²) in [5, 5.41) is 2.22. The average Bonchev–Trinajstić information content (AvgIpc) is 2.57. The molecule has 0 unspecified atom stereocenters. The molecule has 5 nitrogen and oxygen atoms in total. The van der Waals surface area contributed by atoms with Crippen molar-refractivity contribution in [3.05, 3.63) is 34.7 Å². The van der Waals surface area contributed by atoms with Crippen LogP contribution in [-0.4, -0.2) is 20.0 Å². The zero-order valence-corrected chi connectivity index (χ0v) is 11.4. The van der Waals surface area contributed by atoms with Gasteiger partial charge in [-0.1, -0.05) is 24.4 Å². The van der Waals surface area contributed by atoms with Crippen molar-refractivity contribution in [3.63, 3.8) is 0 Å². The fourth-order valence-electron chi connectivity index (χ4n) is 1.34. The van der Waals surface area contributed by atoms with Gasteiger partial charge in [-0.3, -0.25) is 9.36 Å². The van der Waals surface area contributed by atoms with Crippen molar-refractivity contribution in [2.24, 2.45) is 0 Å². The summed E-state index contributed by atoms with van der Waals surface area (Å²) < 4.78 is 11.0. The Morgan fingerprint density at radius 1 is 1.28 bits per heavy atom. The Morgan fingerprint density at radius 2 is 1.89 bits per heavy atom. The molecule has 0 radical (unpaired) electrons. The molecule has 1 aromatic rings. The lowest BCUT2D eigenvalue weighted by Gasteiger charge is -2.03. The first kappa shape index (κ1) is 13.5. The van der Waals surface area contributed by atoms with E-state index in [0.717, 1.165) is 11.8 Å². The van der Waals surface area contributed by atoms with Crippen LogP contribution in [0.3, 0.4) is 0 Å². The molecule has 1 fully saturated rings. The minimum atomic E-state index is -4.21. The average molecular weight is 301 g/mol. The number of benzene rings is 1. The Labute approximate surface area is 112 Å². The second kappa shape index (κ2) is 4.95. The molecule has 18 heavy (non-hydrogen) atoms. The number of hydrogen-bond donors (Lipinski definition) is 3. The molecule has 8 heteroatoms. The lowest BCUT2D eigenvalue weighted by Crippen LogP contribution is -2.15. The SMILES string of the molecule is O=C1NC(=S)/C(=C\c2ccc(P(=O)(O)O)cc2)S1. The van der Waals surface area contributed by atoms with Gasteiger partial charge >= 0.3 is 7.60 Å². The van der Waals surface area contributed by atoms with Gasteiger partial charge in [-0.25, -0.2) is 0 Å². The lowest BCUT2D eigenvalue weighted by molar-refractivity contribution is 0.265. The maximum Gasteiger partial charge on any atom is 0.356 e. The van der Waals surface area contributed by atoms with E-state index in [1.807, 2.05) is 0 Å². The van der Waals surface area contributed by atoms with Gasteiger partial charge in [-0.05, 0) is 35.5 Å². The van der Waals surface area contributed by atoms with Crippen LogP contribution < -0.4 is 10.6 Å². The number of thioether (sulfide) groups is 1. The Balaban J connectivity index is 2.26. The van der Waals surface area contributed by atoms with Crippen LogP contribution in [0, 0.1) is 0 Å². The van der Waals surface area contributed by atoms with Gasteiger partial charge in [0.05, 0.1) is 10.2 Å². The zero-order valence-electron chi connectivity index (χ0n) is 8.86. The van der Waals surface area contributed by atoms with Crippen LogP contribution in [0.4, 0.5) is 4.79 Å². The molecule has 0 aromatic heterocycles. The third kappa shape index (κ3) is 3.07. The highest BCUT2D eigenvalue weighted by molar-refractivity contribution is 8.19. The molecule has 1 heterocycles. The standard InChI is InChI=1S/C10H8NO4PS2/c12-10-11-9(17)8(18-10)5-6-1-3-7(4-2-6)16(13,14)15/h1-5H,(H,11,12,17)(H2,13,14,15)/b8-5+. The normalized spacial score (nSPS) is 18.2. The topological polar surface area (TPSA) is 86.6 Å². The van der Waals surface area contributed by atoms with Gasteiger partial charge in [-0.15, -0.1) is 0 Å². The number of rotatable bonds is 2. The molecule has 0 atom stereocenters. The van der Waals surface area contributed by atoms with E-state index < -0.39 is 7.60 Å². The fourth-order valence-corrected chi connectivity index (χ4v) is 2.91. The third-order valence-electron chi connectivity index (χ3n) is 2.17. The van der Waals surface area contributed by atoms with Gasteiger partial charge in [-0.2, -0.15) is 0 Å². The first-order chi connectivity index (χ1) is 8.36. The van der Waals surface area contributed by atoms with Crippen LogP contribution in [0.1, 0.15) is 5.56 Å². The first-order valence-electron chi connectivity index (χ1n) is 4.77. The van der Waals surface area contributed by atoms with E-state index in [1.54, 1.807) is 18.2 Å². The monoisotopic (exact) mass is 301 g/mol. The van der Waals surface area contributed by atoms with Crippen molar-refractivity contribution in [1.29, 1.82) is 0 Å². The van der Waals surface area contributed by atoms with Gasteiger partial charge < -0.3 is 15.1 Å². The maximum atomic E-state index is 11.1. The summed E-state index contributed by atoms with van der Waals surface area (Å²) in [6.45, 7) is 0. The second-order valence-electron chi connectivity index (χ2n) is 3.49. The fraction of sp³-hybridized carbons (Fsp3) is 0. The molecular formula is C10H8NO4PS2. The lowest BCUT2D eigenvalue weighted by atomic mass is 10.2. The summed E-state index contributed by atoms with van der Waals surface area (Å²) >= 11 is 5.95. The van der Waals surface area contributed by atoms with E-state index >= 15 is 0 Å². The molecule has 0 bridgehead atoms. The van der Waals surface area contributed by atoms with Crippen molar-refractivity contribution in [2.45, 2.75) is 0 Å². The van der Waals surface area contributed by atoms with Gasteiger partial charge in [0.2, 0.25) is 0 Å². The molecule has 0 aliphatic carbocycles. The van der Waals surface area contributed by atoms with Crippen LogP contribution >= 0.6 is 31.6 Å². The predicted octanol–water partition coefficient (Wildman–Crippen LogP) is 1.61. The van der Waals surface area contributed by atoms with Gasteiger partial charge in [0.25, 0.3) is 5.24 Å². The highest BCUT2D eigenvalue weighted by atomic mass is 32.2. The van der Waals surface area contributed by atoms with Crippen LogP contribution in [-0.2, 0) is 4.57 Å². The summed E-state index contributed by atoms with van der Waals surface area (Å²) in [5.74, 6) is 0. The smallest absolute Gasteiger partial charge is 0.321 e. The minimum Gasteiger partial charge on any atom is -0.321 e. The molecule has 1 aliphatic rings. The van der Waals surface area contributed by atoms with E-state index in [1.165, 1.54) is 12.1 Å². The minimum absolute atomic E-state index is 0.0412. The molecule has 1 amide bonds. The first-order valence-corrected chi connectivity index (χ1v) is 7.61. The molecule has 94 valence electrons. The Morgan fingerprint density at radius 3 is 2.33 bits per heavy atom. The van der Waals surface area contributed by atoms with Crippen molar-refractivity contribution >= 4 is 53.2 Å². The summed E-state index contributed by atoms with van der Waals surface area (Å²) in [4.78, 5) is 30.0. The van der Waals surface area contributed by atoms with Crippen LogP contribution in [0.5, 0.6) is 0 Å². The number of nitrogens with one attached hydrogen (secondary N) is 1. The third-order valence-corrected chi connectivity index (χ3v) is 4.42. The number of amides is 1. The largest absolute Gasteiger partial charge is 0.356 e. The van der Waals surface area contributed by atoms with Gasteiger partial charge in [0.1, 0.15) is 4.99 Å². The van der Waals surface area contributed by atoms with E-state index in [9.17, 15) is 9.36 Å². The van der Waals surface area contributed by atoms with Crippen LogP contribution in [0.25, 0.3) is 6.08 Å². The van der Waals surface area contributed by atoms with Crippen LogP contribution in [0.2, 0.25) is 0 Å². The Hall–Kier alpha value is -0.980. The molecule has 0 saturated carbocycles. The maximum absolute atomic E-state index is 11.1. The quantitative estimate of drug-likeness (QED) is 0.437. The summed E-state index contributed by atoms with van der Waals surface area (Å²) in [7, 11) is -4.21. The van der Waals surface area contributed by atoms with Gasteiger partial charge in [0.15, 0.2) is 0 Å². The summed E-state index contributed by atoms with van der Waals surface area (Å²) in [6.07, 6.45) is 1.69. The highest BCUT2D eigenvalue weighted by Crippen LogP contribution is 2.33. The van der Waals surface area contributed by atoms with Crippen molar-refractivity contribution in [1.82, 2.24) is 5.32 Å². The number of hydrogen-bond acceptors (Lipinski definition) is 4. The van der Waals surface area contributed by atoms with E-state index in [4.69, 9.17) is 22.0 Å². The van der Waals surface area contributed by atoms with Crippen molar-refractivity contribution in [2.75, 3.05) is 0 Å². The van der Waals surface area contributed by atoms with E-state index in [-0.39, 0.29) is 10.5 Å². The zero-order chi connectivity index (χ0) is 13.3. The molecule has 0 spiro atoms. The van der Waals surface area contributed by atoms with E-state index in [2.05, 4.69) is 5.32 Å². The van der Waals surface area contributed by atoms with Gasteiger partial charge in [0, 0.05) is 0 Å². The summed E-state index contributed by atoms with van der Waals surface area (Å²) in [6, 6.07) is 5.83. The molecule has 1 saturated heterocycles. The summed E-state index contributed by atoms with van der Waals surface area (Å²) in [5.41, 5.74) is 0.716. The second-order valence-corrected chi connectivity index (χ2v) is 6.52. The Kier molecular flexibility index (Phi) is 3.70. The van der Waals surface area contributed by atoms with Crippen LogP contribution in [0.15, 0.2) is 29.2 Å². The Bertz CT molecular complexity index is 590. The number of thiocarbonyl (C=S) groups is 1. The molecule has 1 aliphatic heterocycles. The van der Waals surface area contributed by atoms with E-state index in [0.29, 0.717) is 15.5 Å². The number of carbonyl (C=O) groups excluding carboxylic acids is 1. The molecule has 1 aromatic carbocycles.